The Morgan fingerprint density at radius 1 is 1.24 bits per heavy atom. The third kappa shape index (κ3) is 3.07. The van der Waals surface area contributed by atoms with Gasteiger partial charge >= 0.3 is 0 Å². The monoisotopic (exact) mass is 246 g/mol. The van der Waals surface area contributed by atoms with Crippen LogP contribution < -0.4 is 5.32 Å². The zero-order valence-electron chi connectivity index (χ0n) is 10.5. The first-order chi connectivity index (χ1) is 8.19. The summed E-state index contributed by atoms with van der Waals surface area (Å²) in [7, 11) is 1.90. The Morgan fingerprint density at radius 2 is 1.94 bits per heavy atom. The second-order valence-electron chi connectivity index (χ2n) is 4.47. The predicted octanol–water partition coefficient (Wildman–Crippen LogP) is 3.90. The molecule has 0 saturated carbocycles. The summed E-state index contributed by atoms with van der Waals surface area (Å²) in [6, 6.07) is 8.83. The van der Waals surface area contributed by atoms with Crippen LogP contribution in [0.15, 0.2) is 29.6 Å². The Labute approximate surface area is 107 Å². The molecule has 0 bridgehead atoms. The summed E-state index contributed by atoms with van der Waals surface area (Å²) >= 11 is 1.65. The lowest BCUT2D eigenvalue weighted by Crippen LogP contribution is -1.92. The first kappa shape index (κ1) is 12.1. The van der Waals surface area contributed by atoms with E-state index in [1.165, 1.54) is 11.1 Å². The van der Waals surface area contributed by atoms with Gasteiger partial charge in [0.15, 0.2) is 5.13 Å². The second-order valence-corrected chi connectivity index (χ2v) is 5.33. The lowest BCUT2D eigenvalue weighted by molar-refractivity contribution is 0.865. The topological polar surface area (TPSA) is 24.9 Å². The number of anilines is 1. The van der Waals surface area contributed by atoms with E-state index < -0.39 is 0 Å². The molecule has 90 valence electrons. The van der Waals surface area contributed by atoms with Crippen molar-refractivity contribution in [1.29, 1.82) is 0 Å². The van der Waals surface area contributed by atoms with Crippen molar-refractivity contribution in [2.24, 2.45) is 0 Å². The number of rotatable bonds is 4. The summed E-state index contributed by atoms with van der Waals surface area (Å²) in [6.07, 6.45) is 0.913. The van der Waals surface area contributed by atoms with Gasteiger partial charge in [0.05, 0.1) is 5.69 Å². The predicted molar refractivity (Wildman–Crippen MR) is 75.0 cm³/mol. The van der Waals surface area contributed by atoms with E-state index in [9.17, 15) is 0 Å². The standard InChI is InChI=1S/C14H18N2S/c1-10(2)12-6-4-11(5-7-12)8-13-9-17-14(15-3)16-13/h4-7,9-10H,8H2,1-3H3,(H,15,16). The van der Waals surface area contributed by atoms with E-state index in [0.717, 1.165) is 17.2 Å². The Kier molecular flexibility index (Phi) is 3.79. The Hall–Kier alpha value is -1.35. The Morgan fingerprint density at radius 3 is 2.47 bits per heavy atom. The van der Waals surface area contributed by atoms with Gasteiger partial charge in [0.1, 0.15) is 0 Å². The minimum absolute atomic E-state index is 0.596. The van der Waals surface area contributed by atoms with Crippen LogP contribution in [0, 0.1) is 0 Å². The van der Waals surface area contributed by atoms with Crippen molar-refractivity contribution < 1.29 is 0 Å². The molecule has 2 aromatic rings. The number of thiazole rings is 1. The number of benzene rings is 1. The van der Waals surface area contributed by atoms with Gasteiger partial charge in [0, 0.05) is 18.8 Å². The summed E-state index contributed by atoms with van der Waals surface area (Å²) in [5, 5.41) is 6.16. The fourth-order valence-electron chi connectivity index (χ4n) is 1.73. The largest absolute Gasteiger partial charge is 0.365 e. The van der Waals surface area contributed by atoms with Crippen LogP contribution >= 0.6 is 11.3 Å². The zero-order chi connectivity index (χ0) is 12.3. The van der Waals surface area contributed by atoms with Crippen molar-refractivity contribution in [2.75, 3.05) is 12.4 Å². The summed E-state index contributed by atoms with van der Waals surface area (Å²) in [6.45, 7) is 4.43. The zero-order valence-corrected chi connectivity index (χ0v) is 11.3. The maximum atomic E-state index is 4.49. The molecule has 0 aliphatic rings. The number of hydrogen-bond acceptors (Lipinski definition) is 3. The van der Waals surface area contributed by atoms with E-state index in [0.29, 0.717) is 5.92 Å². The fourth-order valence-corrected chi connectivity index (χ4v) is 2.40. The van der Waals surface area contributed by atoms with Crippen LogP contribution in [-0.4, -0.2) is 12.0 Å². The van der Waals surface area contributed by atoms with Gasteiger partial charge in [-0.15, -0.1) is 11.3 Å². The van der Waals surface area contributed by atoms with Crippen LogP contribution in [0.5, 0.6) is 0 Å². The molecule has 1 heterocycles. The third-order valence-corrected chi connectivity index (χ3v) is 3.71. The minimum Gasteiger partial charge on any atom is -0.365 e. The van der Waals surface area contributed by atoms with E-state index in [-0.39, 0.29) is 0 Å². The van der Waals surface area contributed by atoms with Crippen LogP contribution in [0.25, 0.3) is 0 Å². The number of hydrogen-bond donors (Lipinski definition) is 1. The molecule has 17 heavy (non-hydrogen) atoms. The molecule has 0 fully saturated rings. The SMILES string of the molecule is CNc1nc(Cc2ccc(C(C)C)cc2)cs1. The minimum atomic E-state index is 0.596. The van der Waals surface area contributed by atoms with E-state index in [1.807, 2.05) is 7.05 Å². The van der Waals surface area contributed by atoms with Gasteiger partial charge in [-0.1, -0.05) is 38.1 Å². The number of nitrogens with one attached hydrogen (secondary N) is 1. The summed E-state index contributed by atoms with van der Waals surface area (Å²) < 4.78 is 0. The smallest absolute Gasteiger partial charge is 0.182 e. The Bertz CT molecular complexity index is 471. The quantitative estimate of drug-likeness (QED) is 0.885. The normalized spacial score (nSPS) is 10.8. The Balaban J connectivity index is 2.08. The van der Waals surface area contributed by atoms with Crippen LogP contribution in [0.4, 0.5) is 5.13 Å². The van der Waals surface area contributed by atoms with Crippen LogP contribution in [0.2, 0.25) is 0 Å². The van der Waals surface area contributed by atoms with Crippen molar-refractivity contribution >= 4 is 16.5 Å². The van der Waals surface area contributed by atoms with Crippen LogP contribution in [-0.2, 0) is 6.42 Å². The molecular weight excluding hydrogens is 228 g/mol. The molecule has 1 aromatic heterocycles. The van der Waals surface area contributed by atoms with Gasteiger partial charge < -0.3 is 5.32 Å². The molecule has 0 unspecified atom stereocenters. The van der Waals surface area contributed by atoms with Crippen LogP contribution in [0.1, 0.15) is 36.6 Å². The summed E-state index contributed by atoms with van der Waals surface area (Å²) in [4.78, 5) is 4.49. The van der Waals surface area contributed by atoms with Crippen molar-refractivity contribution in [3.05, 3.63) is 46.5 Å². The molecule has 0 aliphatic heterocycles. The second kappa shape index (κ2) is 5.32. The number of aromatic nitrogens is 1. The van der Waals surface area contributed by atoms with Gasteiger partial charge in [-0.2, -0.15) is 0 Å². The number of nitrogens with zero attached hydrogens (tertiary/aromatic N) is 1. The van der Waals surface area contributed by atoms with Gasteiger partial charge in [-0.25, -0.2) is 4.98 Å². The van der Waals surface area contributed by atoms with Gasteiger partial charge in [-0.05, 0) is 17.0 Å². The van der Waals surface area contributed by atoms with Gasteiger partial charge in [0.25, 0.3) is 0 Å². The summed E-state index contributed by atoms with van der Waals surface area (Å²) in [5.74, 6) is 0.596. The average molecular weight is 246 g/mol. The van der Waals surface area contributed by atoms with E-state index >= 15 is 0 Å². The van der Waals surface area contributed by atoms with Crippen molar-refractivity contribution in [2.45, 2.75) is 26.2 Å². The van der Waals surface area contributed by atoms with Crippen molar-refractivity contribution in [1.82, 2.24) is 4.98 Å². The molecule has 3 heteroatoms. The molecule has 0 radical (unpaired) electrons. The fraction of sp³-hybridized carbons (Fsp3) is 0.357. The summed E-state index contributed by atoms with van der Waals surface area (Å²) in [5.41, 5.74) is 3.85. The molecule has 2 nitrogen and oxygen atoms in total. The van der Waals surface area contributed by atoms with Crippen molar-refractivity contribution in [3.63, 3.8) is 0 Å². The molecule has 0 aliphatic carbocycles. The van der Waals surface area contributed by atoms with E-state index in [4.69, 9.17) is 0 Å². The molecule has 0 saturated heterocycles. The highest BCUT2D eigenvalue weighted by atomic mass is 32.1. The van der Waals surface area contributed by atoms with Crippen LogP contribution in [0.3, 0.4) is 0 Å². The first-order valence-corrected chi connectivity index (χ1v) is 6.78. The molecule has 0 spiro atoms. The molecule has 2 rings (SSSR count). The molecule has 0 atom stereocenters. The van der Waals surface area contributed by atoms with Crippen molar-refractivity contribution in [3.8, 4) is 0 Å². The lowest BCUT2D eigenvalue weighted by atomic mass is 10.0. The maximum Gasteiger partial charge on any atom is 0.182 e. The highest BCUT2D eigenvalue weighted by molar-refractivity contribution is 7.13. The van der Waals surface area contributed by atoms with E-state index in [2.05, 4.69) is 53.8 Å². The molecule has 1 aromatic carbocycles. The highest BCUT2D eigenvalue weighted by Crippen LogP contribution is 2.19. The average Bonchev–Trinajstić information content (AvgIpc) is 2.77. The maximum absolute atomic E-state index is 4.49. The molecule has 1 N–H and O–H groups in total. The molecular formula is C14H18N2S. The van der Waals surface area contributed by atoms with Gasteiger partial charge in [0.2, 0.25) is 0 Å². The lowest BCUT2D eigenvalue weighted by Gasteiger charge is -2.05. The highest BCUT2D eigenvalue weighted by Gasteiger charge is 2.03. The third-order valence-electron chi connectivity index (χ3n) is 2.80. The van der Waals surface area contributed by atoms with E-state index in [1.54, 1.807) is 11.3 Å². The first-order valence-electron chi connectivity index (χ1n) is 5.90. The van der Waals surface area contributed by atoms with Gasteiger partial charge in [-0.3, -0.25) is 0 Å². The molecule has 0 amide bonds.